The minimum Gasteiger partial charge on any atom is -0.266 e. The Kier molecular flexibility index (Phi) is 9.92. The molecular weight excluding hydrogens is 544 g/mol. The number of aryl methyl sites for hydroxylation is 2. The minimum atomic E-state index is -4.02. The van der Waals surface area contributed by atoms with Gasteiger partial charge in [0, 0.05) is 0 Å². The lowest BCUT2D eigenvalue weighted by Gasteiger charge is -2.27. The van der Waals surface area contributed by atoms with E-state index in [1.54, 1.807) is 24.3 Å². The Morgan fingerprint density at radius 3 is 1.15 bits per heavy atom. The van der Waals surface area contributed by atoms with Crippen molar-refractivity contribution in [2.75, 3.05) is 13.2 Å². The summed E-state index contributed by atoms with van der Waals surface area (Å²) in [6, 6.07) is 32.3. The molecule has 0 bridgehead atoms. The van der Waals surface area contributed by atoms with Crippen molar-refractivity contribution in [3.05, 3.63) is 131 Å². The summed E-state index contributed by atoms with van der Waals surface area (Å²) < 4.78 is 63.5. The van der Waals surface area contributed by atoms with Gasteiger partial charge in [-0.25, -0.2) is 0 Å². The highest BCUT2D eigenvalue weighted by Gasteiger charge is 2.28. The monoisotopic (exact) mass is 578 g/mol. The zero-order valence-corrected chi connectivity index (χ0v) is 24.3. The van der Waals surface area contributed by atoms with E-state index in [4.69, 9.17) is 8.37 Å². The van der Waals surface area contributed by atoms with E-state index in [0.717, 1.165) is 22.3 Å². The van der Waals surface area contributed by atoms with E-state index in [-0.39, 0.29) is 34.8 Å². The molecule has 0 heterocycles. The van der Waals surface area contributed by atoms with Crippen LogP contribution in [0.5, 0.6) is 0 Å². The van der Waals surface area contributed by atoms with Crippen LogP contribution in [0.25, 0.3) is 0 Å². The number of hydrogen-bond donors (Lipinski definition) is 0. The van der Waals surface area contributed by atoms with Crippen molar-refractivity contribution in [3.8, 4) is 0 Å². The predicted octanol–water partition coefficient (Wildman–Crippen LogP) is 6.13. The van der Waals surface area contributed by atoms with Crippen molar-refractivity contribution < 1.29 is 25.2 Å². The van der Waals surface area contributed by atoms with E-state index >= 15 is 0 Å². The second kappa shape index (κ2) is 13.4. The van der Waals surface area contributed by atoms with Gasteiger partial charge in [0.25, 0.3) is 20.2 Å². The van der Waals surface area contributed by atoms with Crippen LogP contribution in [0.4, 0.5) is 0 Å². The van der Waals surface area contributed by atoms with E-state index in [1.807, 2.05) is 74.5 Å². The molecule has 0 aliphatic rings. The summed E-state index contributed by atoms with van der Waals surface area (Å²) in [7, 11) is -8.04. The molecule has 0 saturated heterocycles. The van der Waals surface area contributed by atoms with Gasteiger partial charge in [-0.05, 0) is 73.9 Å². The average Bonchev–Trinajstić information content (AvgIpc) is 2.95. The second-order valence-corrected chi connectivity index (χ2v) is 13.2. The molecule has 0 aromatic heterocycles. The van der Waals surface area contributed by atoms with Gasteiger partial charge in [-0.2, -0.15) is 16.8 Å². The lowest BCUT2D eigenvalue weighted by atomic mass is 9.84. The van der Waals surface area contributed by atoms with Gasteiger partial charge in [-0.15, -0.1) is 0 Å². The van der Waals surface area contributed by atoms with Gasteiger partial charge in [0.2, 0.25) is 0 Å². The SMILES string of the molecule is Cc1ccc(S(=O)(=O)OCC(Cc2ccccc2)[C@H](COS(=O)(=O)c2ccc(C)cc2)Cc2ccccc2)cc1. The van der Waals surface area contributed by atoms with Crippen LogP contribution in [0.2, 0.25) is 0 Å². The van der Waals surface area contributed by atoms with Crippen LogP contribution >= 0.6 is 0 Å². The topological polar surface area (TPSA) is 86.7 Å². The summed E-state index contributed by atoms with van der Waals surface area (Å²) in [6.45, 7) is 3.51. The predicted molar refractivity (Wildman–Crippen MR) is 156 cm³/mol. The molecule has 0 N–H and O–H groups in total. The molecule has 210 valence electrons. The third-order valence-corrected chi connectivity index (χ3v) is 9.43. The molecule has 1 unspecified atom stereocenters. The highest BCUT2D eigenvalue weighted by atomic mass is 32.2. The van der Waals surface area contributed by atoms with E-state index in [1.165, 1.54) is 24.3 Å². The van der Waals surface area contributed by atoms with Crippen LogP contribution in [0.15, 0.2) is 119 Å². The number of hydrogen-bond acceptors (Lipinski definition) is 6. The van der Waals surface area contributed by atoms with Crippen molar-refractivity contribution >= 4 is 20.2 Å². The van der Waals surface area contributed by atoms with Gasteiger partial charge in [-0.1, -0.05) is 96.1 Å². The lowest BCUT2D eigenvalue weighted by molar-refractivity contribution is 0.146. The van der Waals surface area contributed by atoms with Crippen LogP contribution in [0.1, 0.15) is 22.3 Å². The van der Waals surface area contributed by atoms with Gasteiger partial charge in [0.1, 0.15) is 0 Å². The summed E-state index contributed by atoms with van der Waals surface area (Å²) >= 11 is 0. The fraction of sp³-hybridized carbons (Fsp3) is 0.250. The van der Waals surface area contributed by atoms with Crippen LogP contribution in [-0.4, -0.2) is 30.0 Å². The van der Waals surface area contributed by atoms with E-state index < -0.39 is 20.2 Å². The molecule has 6 nitrogen and oxygen atoms in total. The molecule has 0 aliphatic carbocycles. The maximum atomic E-state index is 13.1. The Morgan fingerprint density at radius 2 is 0.825 bits per heavy atom. The summed E-state index contributed by atoms with van der Waals surface area (Å²) in [5.41, 5.74) is 3.86. The molecule has 4 rings (SSSR count). The summed E-state index contributed by atoms with van der Waals surface area (Å²) in [5, 5.41) is 0. The summed E-state index contributed by atoms with van der Waals surface area (Å²) in [5.74, 6) is -0.730. The first-order valence-electron chi connectivity index (χ1n) is 13.1. The third-order valence-electron chi connectivity index (χ3n) is 6.84. The zero-order chi connectivity index (χ0) is 28.6. The van der Waals surface area contributed by atoms with Crippen LogP contribution in [0.3, 0.4) is 0 Å². The molecule has 4 aromatic rings. The number of rotatable bonds is 13. The minimum absolute atomic E-state index is 0.0781. The quantitative estimate of drug-likeness (QED) is 0.177. The Balaban J connectivity index is 1.62. The first-order chi connectivity index (χ1) is 19.1. The molecule has 8 heteroatoms. The first-order valence-corrected chi connectivity index (χ1v) is 15.9. The Bertz CT molecular complexity index is 1440. The molecule has 4 aromatic carbocycles. The first kappa shape index (κ1) is 29.7. The molecular formula is C32H34O6S2. The van der Waals surface area contributed by atoms with Gasteiger partial charge in [0.05, 0.1) is 23.0 Å². The average molecular weight is 579 g/mol. The maximum Gasteiger partial charge on any atom is 0.296 e. The lowest BCUT2D eigenvalue weighted by Crippen LogP contribution is -2.30. The normalized spacial score (nSPS) is 13.6. The van der Waals surface area contributed by atoms with Gasteiger partial charge in [0.15, 0.2) is 0 Å². The molecule has 0 spiro atoms. The highest BCUT2D eigenvalue weighted by Crippen LogP contribution is 2.27. The van der Waals surface area contributed by atoms with Crippen molar-refractivity contribution in [1.29, 1.82) is 0 Å². The fourth-order valence-corrected chi connectivity index (χ4v) is 6.38. The molecule has 0 fully saturated rings. The smallest absolute Gasteiger partial charge is 0.266 e. The third kappa shape index (κ3) is 8.35. The van der Waals surface area contributed by atoms with Gasteiger partial charge < -0.3 is 0 Å². The van der Waals surface area contributed by atoms with Crippen molar-refractivity contribution in [1.82, 2.24) is 0 Å². The largest absolute Gasteiger partial charge is 0.296 e. The van der Waals surface area contributed by atoms with Crippen molar-refractivity contribution in [3.63, 3.8) is 0 Å². The van der Waals surface area contributed by atoms with Crippen molar-refractivity contribution in [2.45, 2.75) is 36.5 Å². The Labute approximate surface area is 237 Å². The molecule has 0 amide bonds. The Morgan fingerprint density at radius 1 is 0.500 bits per heavy atom. The van der Waals surface area contributed by atoms with Gasteiger partial charge >= 0.3 is 0 Å². The maximum absolute atomic E-state index is 13.1. The second-order valence-electron chi connectivity index (χ2n) is 10.0. The van der Waals surface area contributed by atoms with E-state index in [9.17, 15) is 16.8 Å². The van der Waals surface area contributed by atoms with E-state index in [2.05, 4.69) is 0 Å². The molecule has 0 saturated carbocycles. The highest BCUT2D eigenvalue weighted by molar-refractivity contribution is 7.87. The van der Waals surface area contributed by atoms with E-state index in [0.29, 0.717) is 12.8 Å². The van der Waals surface area contributed by atoms with Crippen LogP contribution in [0, 0.1) is 25.7 Å². The number of benzene rings is 4. The van der Waals surface area contributed by atoms with Crippen LogP contribution < -0.4 is 0 Å². The molecule has 40 heavy (non-hydrogen) atoms. The molecule has 2 atom stereocenters. The summed E-state index contributed by atoms with van der Waals surface area (Å²) in [4.78, 5) is 0.156. The molecule has 0 radical (unpaired) electrons. The fourth-order valence-electron chi connectivity index (χ4n) is 4.46. The Hall–Kier alpha value is -3.30. The zero-order valence-electron chi connectivity index (χ0n) is 22.6. The standard InChI is InChI=1S/C32H34O6S2/c1-25-13-17-31(18-14-25)39(33,34)37-23-29(21-27-9-5-3-6-10-27)30(22-28-11-7-4-8-12-28)24-38-40(35,36)32-19-15-26(2)16-20-32/h3-20,29-30H,21-24H2,1-2H3/t29-,30?/m0/s1. The van der Waals surface area contributed by atoms with Gasteiger partial charge in [-0.3, -0.25) is 8.37 Å². The summed E-state index contributed by atoms with van der Waals surface area (Å²) in [6.07, 6.45) is 0.964. The molecule has 0 aliphatic heterocycles. The van der Waals surface area contributed by atoms with Crippen LogP contribution in [-0.2, 0) is 41.4 Å². The van der Waals surface area contributed by atoms with Crippen molar-refractivity contribution in [2.24, 2.45) is 11.8 Å².